The zero-order valence-corrected chi connectivity index (χ0v) is 21.1. The molecule has 1 aliphatic heterocycles. The van der Waals surface area contributed by atoms with Gasteiger partial charge >= 0.3 is 0 Å². The van der Waals surface area contributed by atoms with Gasteiger partial charge in [0.15, 0.2) is 5.13 Å². The second-order valence-electron chi connectivity index (χ2n) is 8.85. The summed E-state index contributed by atoms with van der Waals surface area (Å²) in [5.41, 5.74) is 4.60. The van der Waals surface area contributed by atoms with Gasteiger partial charge in [-0.2, -0.15) is 0 Å². The number of hydrogen-bond acceptors (Lipinski definition) is 6. The zero-order chi connectivity index (χ0) is 25.1. The molecule has 4 heterocycles. The minimum absolute atomic E-state index is 0.00323. The Bertz CT molecular complexity index is 1350. The quantitative estimate of drug-likeness (QED) is 0.388. The summed E-state index contributed by atoms with van der Waals surface area (Å²) in [7, 11) is 1.77. The van der Waals surface area contributed by atoms with E-state index in [0.717, 1.165) is 42.0 Å². The van der Waals surface area contributed by atoms with Crippen LogP contribution >= 0.6 is 11.3 Å². The largest absolute Gasteiger partial charge is 0.363 e. The number of hydrogen-bond donors (Lipinski definition) is 1. The predicted octanol–water partition coefficient (Wildman–Crippen LogP) is 4.96. The van der Waals surface area contributed by atoms with Gasteiger partial charge in [-0.05, 0) is 66.9 Å². The number of pyridine rings is 1. The van der Waals surface area contributed by atoms with Gasteiger partial charge in [-0.25, -0.2) is 4.98 Å². The van der Waals surface area contributed by atoms with Crippen LogP contribution in [-0.4, -0.2) is 39.9 Å². The minimum Gasteiger partial charge on any atom is -0.363 e. The Morgan fingerprint density at radius 2 is 1.92 bits per heavy atom. The standard InChI is InChI=1S/C27H28N6O2S/c1-19(34)31(2)21-7-9-22(10-8-21)33-16-4-5-24(33)23-18-36-27(29-23)30-26(35)25-6-3-15-32(25)17-20-11-13-28-14-12-20/h3,6-15,18,24H,4-5,16-17H2,1-2H3,(H,29,30,35). The molecule has 9 heteroatoms. The van der Waals surface area contributed by atoms with Gasteiger partial charge in [0.1, 0.15) is 5.69 Å². The molecule has 36 heavy (non-hydrogen) atoms. The van der Waals surface area contributed by atoms with Crippen molar-refractivity contribution in [1.29, 1.82) is 0 Å². The highest BCUT2D eigenvalue weighted by atomic mass is 32.1. The Morgan fingerprint density at radius 3 is 2.67 bits per heavy atom. The summed E-state index contributed by atoms with van der Waals surface area (Å²) in [6.07, 6.45) is 7.48. The normalized spacial score (nSPS) is 15.2. The summed E-state index contributed by atoms with van der Waals surface area (Å²) in [6.45, 7) is 3.09. The molecule has 0 radical (unpaired) electrons. The third kappa shape index (κ3) is 5.01. The number of aromatic nitrogens is 3. The van der Waals surface area contributed by atoms with Crippen molar-refractivity contribution in [3.63, 3.8) is 0 Å². The van der Waals surface area contributed by atoms with Crippen molar-refractivity contribution >= 4 is 39.7 Å². The van der Waals surface area contributed by atoms with Crippen LogP contribution in [0.4, 0.5) is 16.5 Å². The van der Waals surface area contributed by atoms with Crippen molar-refractivity contribution in [3.8, 4) is 0 Å². The van der Waals surface area contributed by atoms with Crippen LogP contribution in [0.1, 0.15) is 47.6 Å². The van der Waals surface area contributed by atoms with E-state index in [1.807, 2.05) is 52.5 Å². The third-order valence-electron chi connectivity index (χ3n) is 6.54. The average Bonchev–Trinajstić information content (AvgIpc) is 3.65. The Morgan fingerprint density at radius 1 is 1.14 bits per heavy atom. The molecule has 1 saturated heterocycles. The minimum atomic E-state index is -0.177. The van der Waals surface area contributed by atoms with Crippen molar-refractivity contribution in [1.82, 2.24) is 14.5 Å². The Kier molecular flexibility index (Phi) is 6.81. The van der Waals surface area contributed by atoms with Crippen molar-refractivity contribution in [3.05, 3.63) is 89.5 Å². The fourth-order valence-corrected chi connectivity index (χ4v) is 5.29. The van der Waals surface area contributed by atoms with Crippen LogP contribution in [0.3, 0.4) is 0 Å². The van der Waals surface area contributed by atoms with Crippen LogP contribution in [-0.2, 0) is 11.3 Å². The molecule has 184 valence electrons. The molecule has 5 rings (SSSR count). The maximum absolute atomic E-state index is 13.0. The first-order valence-electron chi connectivity index (χ1n) is 11.9. The first-order valence-corrected chi connectivity index (χ1v) is 12.8. The highest BCUT2D eigenvalue weighted by Crippen LogP contribution is 2.37. The molecular formula is C27H28N6O2S. The number of thiazole rings is 1. The van der Waals surface area contributed by atoms with Crippen molar-refractivity contribution in [2.45, 2.75) is 32.4 Å². The molecule has 1 atom stereocenters. The predicted molar refractivity (Wildman–Crippen MR) is 143 cm³/mol. The van der Waals surface area contributed by atoms with E-state index >= 15 is 0 Å². The fourth-order valence-electron chi connectivity index (χ4n) is 4.53. The van der Waals surface area contributed by atoms with E-state index < -0.39 is 0 Å². The first kappa shape index (κ1) is 23.7. The fraction of sp³-hybridized carbons (Fsp3) is 0.259. The van der Waals surface area contributed by atoms with Crippen molar-refractivity contribution in [2.75, 3.05) is 28.7 Å². The molecule has 8 nitrogen and oxygen atoms in total. The number of anilines is 3. The van der Waals surface area contributed by atoms with Gasteiger partial charge < -0.3 is 14.4 Å². The lowest BCUT2D eigenvalue weighted by atomic mass is 10.1. The van der Waals surface area contributed by atoms with E-state index in [-0.39, 0.29) is 17.9 Å². The number of nitrogens with zero attached hydrogens (tertiary/aromatic N) is 5. The zero-order valence-electron chi connectivity index (χ0n) is 20.3. The highest BCUT2D eigenvalue weighted by Gasteiger charge is 2.28. The smallest absolute Gasteiger partial charge is 0.274 e. The van der Waals surface area contributed by atoms with Gasteiger partial charge in [-0.15, -0.1) is 11.3 Å². The lowest BCUT2D eigenvalue weighted by Crippen LogP contribution is -2.24. The maximum Gasteiger partial charge on any atom is 0.274 e. The molecule has 4 aromatic rings. The second-order valence-corrected chi connectivity index (χ2v) is 9.71. The van der Waals surface area contributed by atoms with E-state index in [4.69, 9.17) is 4.98 Å². The van der Waals surface area contributed by atoms with Gasteiger partial charge in [0.2, 0.25) is 5.91 Å². The van der Waals surface area contributed by atoms with Crippen LogP contribution in [0, 0.1) is 0 Å². The van der Waals surface area contributed by atoms with Crippen LogP contribution in [0.5, 0.6) is 0 Å². The first-order chi connectivity index (χ1) is 17.5. The van der Waals surface area contributed by atoms with E-state index in [2.05, 4.69) is 27.3 Å². The number of nitrogens with one attached hydrogen (secondary N) is 1. The lowest BCUT2D eigenvalue weighted by molar-refractivity contribution is -0.116. The van der Waals surface area contributed by atoms with Crippen LogP contribution < -0.4 is 15.1 Å². The molecule has 1 N–H and O–H groups in total. The summed E-state index contributed by atoms with van der Waals surface area (Å²) in [5.74, 6) is -0.174. The Labute approximate surface area is 214 Å². The van der Waals surface area contributed by atoms with Gasteiger partial charge in [0.05, 0.1) is 11.7 Å². The van der Waals surface area contributed by atoms with E-state index in [1.54, 1.807) is 31.3 Å². The summed E-state index contributed by atoms with van der Waals surface area (Å²) in [6, 6.07) is 15.8. The second kappa shape index (κ2) is 10.3. The third-order valence-corrected chi connectivity index (χ3v) is 7.32. The molecule has 0 spiro atoms. The van der Waals surface area contributed by atoms with Crippen LogP contribution in [0.25, 0.3) is 0 Å². The summed E-state index contributed by atoms with van der Waals surface area (Å²) < 4.78 is 1.92. The van der Waals surface area contributed by atoms with Gasteiger partial charge in [-0.3, -0.25) is 19.9 Å². The molecule has 1 fully saturated rings. The molecule has 1 unspecified atom stereocenters. The van der Waals surface area contributed by atoms with E-state index in [1.165, 1.54) is 11.3 Å². The number of amides is 2. The Balaban J connectivity index is 1.27. The molecular weight excluding hydrogens is 472 g/mol. The molecule has 1 aromatic carbocycles. The molecule has 1 aliphatic rings. The van der Waals surface area contributed by atoms with Crippen molar-refractivity contribution in [2.24, 2.45) is 0 Å². The van der Waals surface area contributed by atoms with Gasteiger partial charge in [0.25, 0.3) is 5.91 Å². The number of benzene rings is 1. The number of carbonyl (C=O) groups is 2. The summed E-state index contributed by atoms with van der Waals surface area (Å²) in [5, 5.41) is 5.61. The van der Waals surface area contributed by atoms with Gasteiger partial charge in [-0.1, -0.05) is 0 Å². The number of rotatable bonds is 7. The molecule has 0 bridgehead atoms. The summed E-state index contributed by atoms with van der Waals surface area (Å²) >= 11 is 1.45. The van der Waals surface area contributed by atoms with Crippen molar-refractivity contribution < 1.29 is 9.59 Å². The molecule has 0 aliphatic carbocycles. The topological polar surface area (TPSA) is 83.4 Å². The Hall–Kier alpha value is -3.98. The van der Waals surface area contributed by atoms with Gasteiger partial charge in [0, 0.05) is 62.4 Å². The maximum atomic E-state index is 13.0. The SMILES string of the molecule is CC(=O)N(C)c1ccc(N2CCCC2c2csc(NC(=O)c3cccn3Cc3ccncc3)n2)cc1. The monoisotopic (exact) mass is 500 g/mol. The number of carbonyl (C=O) groups excluding carboxylic acids is 2. The van der Waals surface area contributed by atoms with Crippen LogP contribution in [0.2, 0.25) is 0 Å². The average molecular weight is 501 g/mol. The summed E-state index contributed by atoms with van der Waals surface area (Å²) in [4.78, 5) is 37.5. The molecule has 2 amide bonds. The van der Waals surface area contributed by atoms with E-state index in [9.17, 15) is 9.59 Å². The lowest BCUT2D eigenvalue weighted by Gasteiger charge is -2.26. The molecule has 3 aromatic heterocycles. The van der Waals surface area contributed by atoms with E-state index in [0.29, 0.717) is 17.4 Å². The highest BCUT2D eigenvalue weighted by molar-refractivity contribution is 7.14. The van der Waals surface area contributed by atoms with Crippen LogP contribution in [0.15, 0.2) is 72.5 Å². The molecule has 0 saturated carbocycles.